The number of hydrogen-bond acceptors (Lipinski definition) is 3. The highest BCUT2D eigenvalue weighted by atomic mass is 35.5. The molecule has 0 saturated heterocycles. The fourth-order valence-electron chi connectivity index (χ4n) is 1.29. The van der Waals surface area contributed by atoms with E-state index in [0.29, 0.717) is 10.8 Å². The van der Waals surface area contributed by atoms with Crippen LogP contribution in [0.5, 0.6) is 5.75 Å². The fourth-order valence-corrected chi connectivity index (χ4v) is 1.63. The van der Waals surface area contributed by atoms with Gasteiger partial charge < -0.3 is 15.2 Å². The maximum absolute atomic E-state index is 11.9. The number of rotatable bonds is 5. The van der Waals surface area contributed by atoms with Crippen molar-refractivity contribution in [3.8, 4) is 5.75 Å². The Balaban J connectivity index is 2.72. The molecule has 1 aromatic carbocycles. The second-order valence-electron chi connectivity index (χ2n) is 4.84. The molecule has 0 spiro atoms. The van der Waals surface area contributed by atoms with Crippen molar-refractivity contribution in [1.29, 1.82) is 0 Å². The lowest BCUT2D eigenvalue weighted by Gasteiger charge is -2.26. The van der Waals surface area contributed by atoms with Crippen molar-refractivity contribution in [1.82, 2.24) is 5.32 Å². The monoisotopic (exact) mass is 305 g/mol. The quantitative estimate of drug-likeness (QED) is 0.879. The van der Waals surface area contributed by atoms with Gasteiger partial charge in [0.15, 0.2) is 6.10 Å². The lowest BCUT2D eigenvalue weighted by Crippen LogP contribution is -2.50. The van der Waals surface area contributed by atoms with E-state index in [-0.39, 0.29) is 17.5 Å². The summed E-state index contributed by atoms with van der Waals surface area (Å²) in [4.78, 5) is 11.9. The van der Waals surface area contributed by atoms with Crippen molar-refractivity contribution in [2.24, 2.45) is 0 Å². The average molecular weight is 306 g/mol. The third kappa shape index (κ3) is 4.56. The second-order valence-corrected chi connectivity index (χ2v) is 5.63. The molecule has 6 heteroatoms. The molecule has 0 bridgehead atoms. The molecule has 1 aromatic rings. The van der Waals surface area contributed by atoms with Crippen molar-refractivity contribution >= 4 is 29.1 Å². The van der Waals surface area contributed by atoms with Crippen LogP contribution in [0.1, 0.15) is 20.8 Å². The molecule has 1 atom stereocenters. The molecule has 106 valence electrons. The van der Waals surface area contributed by atoms with Crippen LogP contribution in [0.3, 0.4) is 0 Å². The fraction of sp³-hybridized carbons (Fsp3) is 0.462. The Labute approximate surface area is 122 Å². The molecule has 2 N–H and O–H groups in total. The zero-order chi connectivity index (χ0) is 14.6. The van der Waals surface area contributed by atoms with E-state index in [2.05, 4.69) is 5.32 Å². The Morgan fingerprint density at radius 2 is 2.11 bits per heavy atom. The number of benzene rings is 1. The molecule has 0 aromatic heterocycles. The van der Waals surface area contributed by atoms with Crippen LogP contribution in [0.25, 0.3) is 0 Å². The standard InChI is InChI=1S/C13H17Cl2NO3/c1-8(12(18)16-13(2,3)7-17)19-10-6-4-5-9(14)11(10)15/h4-6,8,17H,7H2,1-3H3,(H,16,18). The first kappa shape index (κ1) is 16.1. The Morgan fingerprint density at radius 1 is 1.47 bits per heavy atom. The summed E-state index contributed by atoms with van der Waals surface area (Å²) in [6.07, 6.45) is -0.748. The van der Waals surface area contributed by atoms with Crippen molar-refractivity contribution in [3.05, 3.63) is 28.2 Å². The summed E-state index contributed by atoms with van der Waals surface area (Å²) in [5.41, 5.74) is -0.702. The maximum atomic E-state index is 11.9. The second kappa shape index (κ2) is 6.46. The van der Waals surface area contributed by atoms with E-state index in [4.69, 9.17) is 33.0 Å². The highest BCUT2D eigenvalue weighted by Gasteiger charge is 2.24. The number of ether oxygens (including phenoxy) is 1. The van der Waals surface area contributed by atoms with Gasteiger partial charge in [0.25, 0.3) is 5.91 Å². The van der Waals surface area contributed by atoms with Crippen LogP contribution in [-0.2, 0) is 4.79 Å². The van der Waals surface area contributed by atoms with E-state index in [1.807, 2.05) is 0 Å². The third-order valence-corrected chi connectivity index (χ3v) is 3.25. The molecule has 1 amide bonds. The van der Waals surface area contributed by atoms with Crippen molar-refractivity contribution in [2.45, 2.75) is 32.4 Å². The summed E-state index contributed by atoms with van der Waals surface area (Å²) >= 11 is 11.8. The topological polar surface area (TPSA) is 58.6 Å². The summed E-state index contributed by atoms with van der Waals surface area (Å²) in [7, 11) is 0. The first-order valence-electron chi connectivity index (χ1n) is 5.80. The molecule has 19 heavy (non-hydrogen) atoms. The number of aliphatic hydroxyl groups is 1. The number of halogens is 2. The van der Waals surface area contributed by atoms with Gasteiger partial charge in [-0.3, -0.25) is 4.79 Å². The molecule has 0 aliphatic heterocycles. The van der Waals surface area contributed by atoms with Crippen molar-refractivity contribution in [3.63, 3.8) is 0 Å². The third-order valence-electron chi connectivity index (χ3n) is 2.45. The maximum Gasteiger partial charge on any atom is 0.261 e. The number of carbonyl (C=O) groups is 1. The highest BCUT2D eigenvalue weighted by Crippen LogP contribution is 2.32. The molecular weight excluding hydrogens is 289 g/mol. The van der Waals surface area contributed by atoms with Gasteiger partial charge >= 0.3 is 0 Å². The Morgan fingerprint density at radius 3 is 2.68 bits per heavy atom. The minimum Gasteiger partial charge on any atom is -0.479 e. The lowest BCUT2D eigenvalue weighted by atomic mass is 10.1. The van der Waals surface area contributed by atoms with Crippen LogP contribution in [0.2, 0.25) is 10.0 Å². The van der Waals surface area contributed by atoms with Gasteiger partial charge in [0.2, 0.25) is 0 Å². The zero-order valence-corrected chi connectivity index (χ0v) is 12.5. The molecule has 0 aliphatic rings. The van der Waals surface area contributed by atoms with Gasteiger partial charge in [-0.1, -0.05) is 29.3 Å². The van der Waals surface area contributed by atoms with Crippen LogP contribution in [0.4, 0.5) is 0 Å². The van der Waals surface area contributed by atoms with Gasteiger partial charge in [-0.05, 0) is 32.9 Å². The molecule has 0 fully saturated rings. The molecule has 1 rings (SSSR count). The molecule has 0 radical (unpaired) electrons. The minimum absolute atomic E-state index is 0.163. The summed E-state index contributed by atoms with van der Waals surface area (Å²) in [5, 5.41) is 12.4. The molecule has 4 nitrogen and oxygen atoms in total. The van der Waals surface area contributed by atoms with Gasteiger partial charge in [0.1, 0.15) is 10.8 Å². The first-order valence-corrected chi connectivity index (χ1v) is 6.56. The number of carbonyl (C=O) groups excluding carboxylic acids is 1. The van der Waals surface area contributed by atoms with E-state index < -0.39 is 11.6 Å². The summed E-state index contributed by atoms with van der Waals surface area (Å²) in [6.45, 7) is 4.86. The Bertz CT molecular complexity index is 463. The smallest absolute Gasteiger partial charge is 0.261 e. The summed E-state index contributed by atoms with van der Waals surface area (Å²) in [6, 6.07) is 4.96. The zero-order valence-electron chi connectivity index (χ0n) is 11.0. The molecular formula is C13H17Cl2NO3. The predicted molar refractivity (Wildman–Crippen MR) is 75.9 cm³/mol. The number of hydrogen-bond donors (Lipinski definition) is 2. The van der Waals surface area contributed by atoms with Gasteiger partial charge in [0, 0.05) is 0 Å². The van der Waals surface area contributed by atoms with Gasteiger partial charge in [-0.15, -0.1) is 0 Å². The van der Waals surface area contributed by atoms with Crippen LogP contribution in [-0.4, -0.2) is 29.3 Å². The van der Waals surface area contributed by atoms with Crippen molar-refractivity contribution < 1.29 is 14.6 Å². The van der Waals surface area contributed by atoms with E-state index >= 15 is 0 Å². The molecule has 0 heterocycles. The minimum atomic E-state index is -0.748. The summed E-state index contributed by atoms with van der Waals surface area (Å²) in [5.74, 6) is 0.00807. The number of nitrogens with one attached hydrogen (secondary N) is 1. The van der Waals surface area contributed by atoms with E-state index in [1.165, 1.54) is 0 Å². The average Bonchev–Trinajstić information content (AvgIpc) is 2.34. The number of aliphatic hydroxyl groups excluding tert-OH is 1. The van der Waals surface area contributed by atoms with Crippen molar-refractivity contribution in [2.75, 3.05) is 6.61 Å². The SMILES string of the molecule is CC(Oc1cccc(Cl)c1Cl)C(=O)NC(C)(C)CO. The largest absolute Gasteiger partial charge is 0.479 e. The molecule has 0 saturated carbocycles. The molecule has 0 aliphatic carbocycles. The first-order chi connectivity index (χ1) is 8.76. The Hall–Kier alpha value is -0.970. The summed E-state index contributed by atoms with van der Waals surface area (Å²) < 4.78 is 5.47. The van der Waals surface area contributed by atoms with Crippen LogP contribution in [0, 0.1) is 0 Å². The van der Waals surface area contributed by atoms with Crippen LogP contribution in [0.15, 0.2) is 18.2 Å². The van der Waals surface area contributed by atoms with Gasteiger partial charge in [0.05, 0.1) is 17.2 Å². The predicted octanol–water partition coefficient (Wildman–Crippen LogP) is 2.65. The Kier molecular flexibility index (Phi) is 5.47. The lowest BCUT2D eigenvalue weighted by molar-refractivity contribution is -0.129. The normalized spacial score (nSPS) is 12.9. The molecule has 1 unspecified atom stereocenters. The van der Waals surface area contributed by atoms with Crippen LogP contribution >= 0.6 is 23.2 Å². The number of amides is 1. The van der Waals surface area contributed by atoms with Gasteiger partial charge in [-0.2, -0.15) is 0 Å². The van der Waals surface area contributed by atoms with E-state index in [9.17, 15) is 4.79 Å². The highest BCUT2D eigenvalue weighted by molar-refractivity contribution is 6.42. The van der Waals surface area contributed by atoms with Crippen LogP contribution < -0.4 is 10.1 Å². The van der Waals surface area contributed by atoms with E-state index in [0.717, 1.165) is 0 Å². The van der Waals surface area contributed by atoms with Gasteiger partial charge in [-0.25, -0.2) is 0 Å². The van der Waals surface area contributed by atoms with E-state index in [1.54, 1.807) is 39.0 Å².